The number of nitrogens with zero attached hydrogens (tertiary/aromatic N) is 2. The topological polar surface area (TPSA) is 48.7 Å². The van der Waals surface area contributed by atoms with Crippen LogP contribution in [0.1, 0.15) is 22.5 Å². The van der Waals surface area contributed by atoms with Gasteiger partial charge in [0.15, 0.2) is 0 Å². The van der Waals surface area contributed by atoms with Crippen molar-refractivity contribution in [2.45, 2.75) is 13.8 Å². The van der Waals surface area contributed by atoms with Crippen LogP contribution in [0.5, 0.6) is 0 Å². The smallest absolute Gasteiger partial charge is 0.103 e. The minimum Gasteiger partial charge on any atom is -0.354 e. The van der Waals surface area contributed by atoms with Gasteiger partial charge in [-0.25, -0.2) is 0 Å². The van der Waals surface area contributed by atoms with Gasteiger partial charge < -0.3 is 5.32 Å². The molecule has 3 nitrogen and oxygen atoms in total. The van der Waals surface area contributed by atoms with Crippen LogP contribution in [0, 0.1) is 37.5 Å². The summed E-state index contributed by atoms with van der Waals surface area (Å²) in [6.07, 6.45) is 5.38. The molecule has 0 aliphatic rings. The number of nitriles is 1. The average Bonchev–Trinajstić information content (AvgIpc) is 2.38. The van der Waals surface area contributed by atoms with Crippen molar-refractivity contribution in [3.63, 3.8) is 0 Å². The lowest BCUT2D eigenvalue weighted by Gasteiger charge is -2.11. The van der Waals surface area contributed by atoms with Crippen molar-refractivity contribution in [2.75, 3.05) is 5.32 Å². The number of rotatable bonds is 2. The number of aromatic nitrogens is 1. The number of pyridine rings is 1. The zero-order valence-electron chi connectivity index (χ0n) is 10.9. The minimum atomic E-state index is 0.553. The molecule has 0 amide bonds. The number of hydrogen-bond donors (Lipinski definition) is 1. The third-order valence-electron chi connectivity index (χ3n) is 2.75. The van der Waals surface area contributed by atoms with Crippen molar-refractivity contribution in [3.8, 4) is 18.4 Å². The van der Waals surface area contributed by atoms with Crippen LogP contribution >= 0.6 is 0 Å². The van der Waals surface area contributed by atoms with Crippen molar-refractivity contribution < 1.29 is 0 Å². The predicted octanol–water partition coefficient (Wildman–Crippen LogP) is 3.30. The molecule has 0 fully saturated rings. The Morgan fingerprint density at radius 3 is 2.74 bits per heavy atom. The Balaban J connectivity index is 2.44. The number of nitrogens with one attached hydrogen (secondary N) is 1. The van der Waals surface area contributed by atoms with Gasteiger partial charge in [0.25, 0.3) is 0 Å². The molecule has 1 aromatic heterocycles. The highest BCUT2D eigenvalue weighted by atomic mass is 14.9. The molecular formula is C16H13N3. The summed E-state index contributed by atoms with van der Waals surface area (Å²) >= 11 is 0. The van der Waals surface area contributed by atoms with Gasteiger partial charge in [-0.15, -0.1) is 6.42 Å². The molecule has 3 heteroatoms. The van der Waals surface area contributed by atoms with Gasteiger partial charge in [0.05, 0.1) is 16.9 Å². The van der Waals surface area contributed by atoms with Gasteiger partial charge in [0.2, 0.25) is 0 Å². The highest BCUT2D eigenvalue weighted by molar-refractivity contribution is 5.68. The molecule has 1 N–H and O–H groups in total. The first kappa shape index (κ1) is 12.7. The average molecular weight is 247 g/mol. The van der Waals surface area contributed by atoms with E-state index < -0.39 is 0 Å². The maximum absolute atomic E-state index is 9.21. The van der Waals surface area contributed by atoms with E-state index >= 15 is 0 Å². The molecule has 0 spiro atoms. The van der Waals surface area contributed by atoms with E-state index in [0.717, 1.165) is 28.3 Å². The highest BCUT2D eigenvalue weighted by Gasteiger charge is 2.08. The van der Waals surface area contributed by atoms with E-state index in [-0.39, 0.29) is 0 Å². The van der Waals surface area contributed by atoms with Gasteiger partial charge in [0, 0.05) is 16.9 Å². The van der Waals surface area contributed by atoms with Crippen LogP contribution in [0.15, 0.2) is 30.3 Å². The second kappa shape index (κ2) is 5.25. The molecule has 2 rings (SSSR count). The first-order valence-electron chi connectivity index (χ1n) is 5.86. The third-order valence-corrected chi connectivity index (χ3v) is 2.75. The Bertz CT molecular complexity index is 703. The van der Waals surface area contributed by atoms with E-state index in [9.17, 15) is 5.26 Å². The third kappa shape index (κ3) is 2.73. The molecule has 0 aliphatic carbocycles. The molecule has 0 saturated carbocycles. The Hall–Kier alpha value is -2.78. The quantitative estimate of drug-likeness (QED) is 0.828. The van der Waals surface area contributed by atoms with Crippen LogP contribution in [0.2, 0.25) is 0 Å². The lowest BCUT2D eigenvalue weighted by atomic mass is 10.1. The van der Waals surface area contributed by atoms with Crippen LogP contribution in [0.3, 0.4) is 0 Å². The van der Waals surface area contributed by atoms with Gasteiger partial charge >= 0.3 is 0 Å². The molecule has 1 heterocycles. The maximum atomic E-state index is 9.21. The lowest BCUT2D eigenvalue weighted by molar-refractivity contribution is 1.11. The number of aryl methyl sites for hydroxylation is 2. The first-order valence-corrected chi connectivity index (χ1v) is 5.86. The summed E-state index contributed by atoms with van der Waals surface area (Å²) in [4.78, 5) is 4.29. The van der Waals surface area contributed by atoms with Crippen molar-refractivity contribution in [2.24, 2.45) is 0 Å². The van der Waals surface area contributed by atoms with Crippen molar-refractivity contribution in [1.82, 2.24) is 4.98 Å². The normalized spacial score (nSPS) is 9.47. The van der Waals surface area contributed by atoms with E-state index in [1.165, 1.54) is 0 Å². The summed E-state index contributed by atoms with van der Waals surface area (Å²) < 4.78 is 0. The molecule has 92 valence electrons. The zero-order chi connectivity index (χ0) is 13.8. The molecule has 2 aromatic rings. The number of hydrogen-bond acceptors (Lipinski definition) is 3. The fourth-order valence-electron chi connectivity index (χ4n) is 1.91. The second-order valence-electron chi connectivity index (χ2n) is 4.23. The van der Waals surface area contributed by atoms with Crippen molar-refractivity contribution >= 4 is 11.4 Å². The van der Waals surface area contributed by atoms with Crippen molar-refractivity contribution in [1.29, 1.82) is 5.26 Å². The summed E-state index contributed by atoms with van der Waals surface area (Å²) in [5, 5.41) is 12.4. The van der Waals surface area contributed by atoms with E-state index in [0.29, 0.717) is 5.56 Å². The largest absolute Gasteiger partial charge is 0.354 e. The number of terminal acetylenes is 1. The summed E-state index contributed by atoms with van der Waals surface area (Å²) in [6, 6.07) is 11.5. The van der Waals surface area contributed by atoms with Crippen LogP contribution < -0.4 is 5.32 Å². The molecular weight excluding hydrogens is 234 g/mol. The SMILES string of the molecule is C#Cc1cccc(Nc2cc(C)nc(C)c2C#N)c1. The number of anilines is 2. The lowest BCUT2D eigenvalue weighted by Crippen LogP contribution is -1.99. The van der Waals surface area contributed by atoms with Crippen LogP contribution in [-0.4, -0.2) is 4.98 Å². The Morgan fingerprint density at radius 1 is 1.26 bits per heavy atom. The Labute approximate surface area is 112 Å². The van der Waals surface area contributed by atoms with Crippen LogP contribution in [-0.2, 0) is 0 Å². The molecule has 0 aliphatic heterocycles. The maximum Gasteiger partial charge on any atom is 0.103 e. The monoisotopic (exact) mass is 247 g/mol. The van der Waals surface area contributed by atoms with Crippen LogP contribution in [0.4, 0.5) is 11.4 Å². The van der Waals surface area contributed by atoms with Crippen LogP contribution in [0.25, 0.3) is 0 Å². The minimum absolute atomic E-state index is 0.553. The molecule has 0 atom stereocenters. The van der Waals surface area contributed by atoms with Gasteiger partial charge in [0.1, 0.15) is 6.07 Å². The van der Waals surface area contributed by atoms with Crippen molar-refractivity contribution in [3.05, 3.63) is 52.8 Å². The fraction of sp³-hybridized carbons (Fsp3) is 0.125. The first-order chi connectivity index (χ1) is 9.13. The molecule has 0 bridgehead atoms. The van der Waals surface area contributed by atoms with E-state index in [2.05, 4.69) is 22.3 Å². The molecule has 1 aromatic carbocycles. The summed E-state index contributed by atoms with van der Waals surface area (Å²) in [5.41, 5.74) is 4.55. The zero-order valence-corrected chi connectivity index (χ0v) is 10.9. The fourth-order valence-corrected chi connectivity index (χ4v) is 1.91. The predicted molar refractivity (Wildman–Crippen MR) is 76.1 cm³/mol. The molecule has 19 heavy (non-hydrogen) atoms. The summed E-state index contributed by atoms with van der Waals surface area (Å²) in [5.74, 6) is 2.59. The molecule has 0 unspecified atom stereocenters. The molecule has 0 radical (unpaired) electrons. The molecule has 0 saturated heterocycles. The standard InChI is InChI=1S/C16H13N3/c1-4-13-6-5-7-14(9-13)19-16-8-11(2)18-12(3)15(16)10-17/h1,5-9H,2-3H3,(H,18,19). The van der Waals surface area contributed by atoms with E-state index in [1.54, 1.807) is 0 Å². The van der Waals surface area contributed by atoms with E-state index in [1.807, 2.05) is 44.2 Å². The van der Waals surface area contributed by atoms with Gasteiger partial charge in [-0.3, -0.25) is 4.98 Å². The van der Waals surface area contributed by atoms with E-state index in [4.69, 9.17) is 6.42 Å². The Kier molecular flexibility index (Phi) is 3.50. The van der Waals surface area contributed by atoms with Gasteiger partial charge in [-0.2, -0.15) is 5.26 Å². The van der Waals surface area contributed by atoms with Gasteiger partial charge in [-0.05, 0) is 38.1 Å². The second-order valence-corrected chi connectivity index (χ2v) is 4.23. The summed E-state index contributed by atoms with van der Waals surface area (Å²) in [6.45, 7) is 3.73. The summed E-state index contributed by atoms with van der Waals surface area (Å²) in [7, 11) is 0. The Morgan fingerprint density at radius 2 is 2.05 bits per heavy atom. The highest BCUT2D eigenvalue weighted by Crippen LogP contribution is 2.23. The van der Waals surface area contributed by atoms with Gasteiger partial charge in [-0.1, -0.05) is 12.0 Å². The number of benzene rings is 1.